The zero-order valence-corrected chi connectivity index (χ0v) is 14.3. The molecule has 1 saturated carbocycles. The van der Waals surface area contributed by atoms with Crippen molar-refractivity contribution in [2.75, 3.05) is 6.54 Å². The molecule has 0 aliphatic heterocycles. The van der Waals surface area contributed by atoms with E-state index in [-0.39, 0.29) is 5.91 Å². The Kier molecular flexibility index (Phi) is 5.68. The molecule has 4 heteroatoms. The van der Waals surface area contributed by atoms with Crippen molar-refractivity contribution in [3.63, 3.8) is 0 Å². The predicted molar refractivity (Wildman–Crippen MR) is 97.8 cm³/mol. The third-order valence-electron chi connectivity index (χ3n) is 5.05. The van der Waals surface area contributed by atoms with Gasteiger partial charge in [0.15, 0.2) is 0 Å². The summed E-state index contributed by atoms with van der Waals surface area (Å²) in [6.07, 6.45) is 10.2. The van der Waals surface area contributed by atoms with Gasteiger partial charge in [0.05, 0.1) is 11.0 Å². The number of nitrogens with zero attached hydrogens (tertiary/aromatic N) is 2. The number of amides is 1. The molecule has 0 spiro atoms. The first kappa shape index (κ1) is 16.7. The zero-order chi connectivity index (χ0) is 16.8. The topological polar surface area (TPSA) is 46.9 Å². The van der Waals surface area contributed by atoms with E-state index in [2.05, 4.69) is 34.7 Å². The van der Waals surface area contributed by atoms with Gasteiger partial charge in [-0.15, -0.1) is 0 Å². The van der Waals surface area contributed by atoms with Gasteiger partial charge in [0.1, 0.15) is 5.82 Å². The number of nitrogens with one attached hydrogen (secondary N) is 1. The minimum atomic E-state index is -0.125. The van der Waals surface area contributed by atoms with E-state index >= 15 is 0 Å². The van der Waals surface area contributed by atoms with Gasteiger partial charge in [-0.3, -0.25) is 4.79 Å². The number of aryl methyl sites for hydroxylation is 1. The van der Waals surface area contributed by atoms with E-state index in [0.29, 0.717) is 6.54 Å². The van der Waals surface area contributed by atoms with Gasteiger partial charge >= 0.3 is 0 Å². The van der Waals surface area contributed by atoms with Crippen LogP contribution in [0.5, 0.6) is 0 Å². The zero-order valence-electron chi connectivity index (χ0n) is 14.3. The second kappa shape index (κ2) is 8.13. The van der Waals surface area contributed by atoms with Crippen LogP contribution in [-0.2, 0) is 17.8 Å². The average molecular weight is 325 g/mol. The van der Waals surface area contributed by atoms with Crippen LogP contribution in [0.3, 0.4) is 0 Å². The Morgan fingerprint density at radius 1 is 1.29 bits per heavy atom. The number of carbonyl (C=O) groups excluding carboxylic acids is 1. The highest BCUT2D eigenvalue weighted by Crippen LogP contribution is 2.27. The Hall–Kier alpha value is -2.10. The Labute approximate surface area is 144 Å². The van der Waals surface area contributed by atoms with Crippen LogP contribution >= 0.6 is 0 Å². The highest BCUT2D eigenvalue weighted by atomic mass is 16.1. The smallest absolute Gasteiger partial charge is 0.243 e. The maximum atomic E-state index is 11.3. The number of hydrogen-bond acceptors (Lipinski definition) is 2. The Morgan fingerprint density at radius 3 is 2.88 bits per heavy atom. The molecule has 3 rings (SSSR count). The number of aromatic nitrogens is 2. The van der Waals surface area contributed by atoms with Crippen molar-refractivity contribution in [2.24, 2.45) is 5.92 Å². The summed E-state index contributed by atoms with van der Waals surface area (Å²) in [7, 11) is 0. The lowest BCUT2D eigenvalue weighted by molar-refractivity contribution is -0.116. The average Bonchev–Trinajstić information content (AvgIpc) is 2.98. The van der Waals surface area contributed by atoms with Gasteiger partial charge < -0.3 is 9.88 Å². The molecule has 1 aliphatic rings. The standard InChI is InChI=1S/C20H27N3O/c1-2-20(24)21-14-12-19-22-17-10-6-7-11-18(17)23(19)15-13-16-8-4-3-5-9-16/h2,6-7,10-11,16H,1,3-5,8-9,12-15H2,(H,21,24). The summed E-state index contributed by atoms with van der Waals surface area (Å²) in [4.78, 5) is 16.1. The van der Waals surface area contributed by atoms with Crippen LogP contribution in [0.4, 0.5) is 0 Å². The molecular weight excluding hydrogens is 298 g/mol. The summed E-state index contributed by atoms with van der Waals surface area (Å²) in [5.74, 6) is 1.80. The van der Waals surface area contributed by atoms with Gasteiger partial charge in [-0.2, -0.15) is 0 Å². The number of para-hydroxylation sites is 2. The molecule has 1 aliphatic carbocycles. The molecule has 128 valence electrons. The van der Waals surface area contributed by atoms with Crippen LogP contribution in [0.15, 0.2) is 36.9 Å². The van der Waals surface area contributed by atoms with Crippen molar-refractivity contribution in [3.8, 4) is 0 Å². The molecule has 0 bridgehead atoms. The second-order valence-electron chi connectivity index (χ2n) is 6.71. The van der Waals surface area contributed by atoms with Gasteiger partial charge in [-0.1, -0.05) is 50.8 Å². The maximum absolute atomic E-state index is 11.3. The normalized spacial score (nSPS) is 15.5. The first-order valence-electron chi connectivity index (χ1n) is 9.12. The van der Waals surface area contributed by atoms with Crippen molar-refractivity contribution in [1.29, 1.82) is 0 Å². The van der Waals surface area contributed by atoms with Gasteiger partial charge in [-0.25, -0.2) is 4.98 Å². The Balaban J connectivity index is 1.71. The van der Waals surface area contributed by atoms with Gasteiger partial charge in [-0.05, 0) is 30.5 Å². The van der Waals surface area contributed by atoms with Crippen molar-refractivity contribution in [3.05, 3.63) is 42.7 Å². The van der Waals surface area contributed by atoms with Crippen LogP contribution < -0.4 is 5.32 Å². The van der Waals surface area contributed by atoms with Crippen LogP contribution in [0.1, 0.15) is 44.3 Å². The molecule has 0 saturated heterocycles. The molecule has 0 atom stereocenters. The fraction of sp³-hybridized carbons (Fsp3) is 0.500. The molecule has 1 aromatic carbocycles. The lowest BCUT2D eigenvalue weighted by Gasteiger charge is -2.22. The summed E-state index contributed by atoms with van der Waals surface area (Å²) in [6, 6.07) is 8.32. The minimum absolute atomic E-state index is 0.125. The highest BCUT2D eigenvalue weighted by Gasteiger charge is 2.16. The van der Waals surface area contributed by atoms with Crippen molar-refractivity contribution < 1.29 is 4.79 Å². The first-order valence-corrected chi connectivity index (χ1v) is 9.12. The number of fused-ring (bicyclic) bond motifs is 1. The largest absolute Gasteiger partial charge is 0.352 e. The van der Waals surface area contributed by atoms with E-state index in [1.54, 1.807) is 0 Å². The lowest BCUT2D eigenvalue weighted by atomic mass is 9.87. The van der Waals surface area contributed by atoms with E-state index in [1.807, 2.05) is 6.07 Å². The van der Waals surface area contributed by atoms with Crippen LogP contribution in [0.25, 0.3) is 11.0 Å². The molecule has 1 amide bonds. The lowest BCUT2D eigenvalue weighted by Crippen LogP contribution is -2.24. The Bertz CT molecular complexity index is 698. The van der Waals surface area contributed by atoms with Crippen molar-refractivity contribution >= 4 is 16.9 Å². The van der Waals surface area contributed by atoms with Crippen molar-refractivity contribution in [2.45, 2.75) is 51.5 Å². The van der Waals surface area contributed by atoms with Gasteiger partial charge in [0, 0.05) is 19.5 Å². The first-order chi connectivity index (χ1) is 11.8. The number of carbonyl (C=O) groups is 1. The summed E-state index contributed by atoms with van der Waals surface area (Å²) < 4.78 is 2.35. The van der Waals surface area contributed by atoms with Crippen LogP contribution in [0, 0.1) is 5.92 Å². The highest BCUT2D eigenvalue weighted by molar-refractivity contribution is 5.86. The molecule has 4 nitrogen and oxygen atoms in total. The molecule has 0 unspecified atom stereocenters. The number of benzene rings is 1. The fourth-order valence-electron chi connectivity index (χ4n) is 3.72. The summed E-state index contributed by atoms with van der Waals surface area (Å²) >= 11 is 0. The second-order valence-corrected chi connectivity index (χ2v) is 6.71. The predicted octanol–water partition coefficient (Wildman–Crippen LogP) is 3.85. The van der Waals surface area contributed by atoms with E-state index in [1.165, 1.54) is 50.1 Å². The maximum Gasteiger partial charge on any atom is 0.243 e. The summed E-state index contributed by atoms with van der Waals surface area (Å²) in [6.45, 7) is 5.11. The molecule has 1 N–H and O–H groups in total. The monoisotopic (exact) mass is 325 g/mol. The van der Waals surface area contributed by atoms with E-state index in [0.717, 1.165) is 30.2 Å². The number of hydrogen-bond donors (Lipinski definition) is 1. The fourth-order valence-corrected chi connectivity index (χ4v) is 3.72. The van der Waals surface area contributed by atoms with Gasteiger partial charge in [0.2, 0.25) is 5.91 Å². The molecule has 2 aromatic rings. The number of imidazole rings is 1. The van der Waals surface area contributed by atoms with E-state index in [9.17, 15) is 4.79 Å². The van der Waals surface area contributed by atoms with Gasteiger partial charge in [0.25, 0.3) is 0 Å². The minimum Gasteiger partial charge on any atom is -0.352 e. The Morgan fingerprint density at radius 2 is 2.08 bits per heavy atom. The van der Waals surface area contributed by atoms with E-state index < -0.39 is 0 Å². The molecule has 1 fully saturated rings. The number of rotatable bonds is 7. The molecule has 24 heavy (non-hydrogen) atoms. The molecule has 1 heterocycles. The van der Waals surface area contributed by atoms with Crippen molar-refractivity contribution in [1.82, 2.24) is 14.9 Å². The quantitative estimate of drug-likeness (QED) is 0.786. The summed E-state index contributed by atoms with van der Waals surface area (Å²) in [5.41, 5.74) is 2.25. The SMILES string of the molecule is C=CC(=O)NCCc1nc2ccccc2n1CCC1CCCCC1. The van der Waals surface area contributed by atoms with E-state index in [4.69, 9.17) is 4.98 Å². The molecule has 0 radical (unpaired) electrons. The third kappa shape index (κ3) is 4.05. The molecule has 1 aromatic heterocycles. The summed E-state index contributed by atoms with van der Waals surface area (Å²) in [5, 5.41) is 2.85. The molecular formula is C20H27N3O. The van der Waals surface area contributed by atoms with Crippen LogP contribution in [-0.4, -0.2) is 22.0 Å². The third-order valence-corrected chi connectivity index (χ3v) is 5.05. The van der Waals surface area contributed by atoms with Crippen LogP contribution in [0.2, 0.25) is 0 Å².